The van der Waals surface area contributed by atoms with Gasteiger partial charge in [-0.05, 0) is 0 Å². The zero-order valence-electron chi connectivity index (χ0n) is 6.82. The van der Waals surface area contributed by atoms with E-state index < -0.39 is 0 Å². The third-order valence-corrected chi connectivity index (χ3v) is 3.91. The van der Waals surface area contributed by atoms with Gasteiger partial charge in [-0.2, -0.15) is 23.5 Å². The Kier molecular flexibility index (Phi) is 4.61. The molecule has 1 saturated heterocycles. The fraction of sp³-hybridized carbons (Fsp3) is 0.625. The lowest BCUT2D eigenvalue weighted by Crippen LogP contribution is -2.20. The lowest BCUT2D eigenvalue weighted by atomic mass is 10.4. The summed E-state index contributed by atoms with van der Waals surface area (Å²) in [4.78, 5) is 10.1. The van der Waals surface area contributed by atoms with Gasteiger partial charge in [0.05, 0.1) is 0 Å². The molecule has 0 bridgehead atoms. The largest absolute Gasteiger partial charge is 0.463 e. The summed E-state index contributed by atoms with van der Waals surface area (Å²) >= 11 is 3.58. The minimum atomic E-state index is 0.0885. The Balaban J connectivity index is 2.29. The van der Waals surface area contributed by atoms with Gasteiger partial charge in [0.25, 0.3) is 6.47 Å². The van der Waals surface area contributed by atoms with Gasteiger partial charge in [-0.25, -0.2) is 0 Å². The molecule has 2 nitrogen and oxygen atoms in total. The van der Waals surface area contributed by atoms with E-state index in [1.165, 1.54) is 5.57 Å². The number of thioether (sulfide) groups is 2. The molecule has 1 heterocycles. The highest BCUT2D eigenvalue weighted by molar-refractivity contribution is 8.01. The number of carbonyl (C=O) groups excluding carboxylic acids is 1. The molecule has 0 aromatic carbocycles. The van der Waals surface area contributed by atoms with Crippen LogP contribution in [0.3, 0.4) is 0 Å². The van der Waals surface area contributed by atoms with Crippen LogP contribution in [0, 0.1) is 0 Å². The maximum Gasteiger partial charge on any atom is 0.293 e. The van der Waals surface area contributed by atoms with E-state index in [9.17, 15) is 4.79 Å². The average molecular weight is 204 g/mol. The van der Waals surface area contributed by atoms with Crippen molar-refractivity contribution in [2.24, 2.45) is 0 Å². The van der Waals surface area contributed by atoms with E-state index in [1.54, 1.807) is 23.5 Å². The molecule has 0 aliphatic carbocycles. The molecule has 1 rings (SSSR count). The second-order valence-corrected chi connectivity index (χ2v) is 4.70. The predicted molar refractivity (Wildman–Crippen MR) is 54.7 cm³/mol. The van der Waals surface area contributed by atoms with Crippen LogP contribution in [0.15, 0.2) is 12.2 Å². The summed E-state index contributed by atoms with van der Waals surface area (Å²) in [5, 5.41) is 0. The van der Waals surface area contributed by atoms with Crippen molar-refractivity contribution in [2.75, 3.05) is 23.0 Å². The van der Waals surface area contributed by atoms with Crippen LogP contribution in [0.1, 0.15) is 0 Å². The molecule has 0 unspecified atom stereocenters. The molecule has 1 aliphatic heterocycles. The lowest BCUT2D eigenvalue weighted by molar-refractivity contribution is -0.131. The first kappa shape index (κ1) is 9.99. The van der Waals surface area contributed by atoms with Crippen LogP contribution in [0.4, 0.5) is 0 Å². The Labute approximate surface area is 81.1 Å². The standard InChI is InChI=1S/C8H12O2S2/c1-7-2-11-4-8(10-6-9)5-12-3-7/h6,8H,1-5H2. The summed E-state index contributed by atoms with van der Waals surface area (Å²) in [5.41, 5.74) is 1.27. The van der Waals surface area contributed by atoms with Crippen LogP contribution >= 0.6 is 23.5 Å². The van der Waals surface area contributed by atoms with Crippen LogP contribution in [0.2, 0.25) is 0 Å². The van der Waals surface area contributed by atoms with Crippen molar-refractivity contribution in [2.45, 2.75) is 6.10 Å². The maximum atomic E-state index is 10.1. The third-order valence-electron chi connectivity index (χ3n) is 1.47. The molecule has 1 aliphatic rings. The molecule has 1 fully saturated rings. The summed E-state index contributed by atoms with van der Waals surface area (Å²) in [6.07, 6.45) is 0.0885. The van der Waals surface area contributed by atoms with Crippen molar-refractivity contribution in [1.82, 2.24) is 0 Å². The Morgan fingerprint density at radius 2 is 2.00 bits per heavy atom. The number of rotatable bonds is 2. The van der Waals surface area contributed by atoms with Crippen LogP contribution < -0.4 is 0 Å². The minimum absolute atomic E-state index is 0.0885. The predicted octanol–water partition coefficient (Wildman–Crippen LogP) is 1.56. The van der Waals surface area contributed by atoms with Gasteiger partial charge in [0, 0.05) is 23.0 Å². The smallest absolute Gasteiger partial charge is 0.293 e. The molecule has 0 amide bonds. The summed E-state index contributed by atoms with van der Waals surface area (Å²) in [6, 6.07) is 0. The molecule has 0 aromatic heterocycles. The molecule has 0 N–H and O–H groups in total. The normalized spacial score (nSPS) is 21.2. The van der Waals surface area contributed by atoms with E-state index in [2.05, 4.69) is 6.58 Å². The Hall–Kier alpha value is -0.0900. The highest BCUT2D eigenvalue weighted by atomic mass is 32.2. The van der Waals surface area contributed by atoms with E-state index in [1.807, 2.05) is 0 Å². The SMILES string of the molecule is C=C1CSCC(OC=O)CSC1. The number of hydrogen-bond acceptors (Lipinski definition) is 4. The van der Waals surface area contributed by atoms with E-state index in [0.29, 0.717) is 6.47 Å². The van der Waals surface area contributed by atoms with Gasteiger partial charge >= 0.3 is 0 Å². The average Bonchev–Trinajstić information content (AvgIpc) is 2.00. The number of carbonyl (C=O) groups is 1. The first-order valence-electron chi connectivity index (χ1n) is 3.74. The molecule has 0 saturated carbocycles. The van der Waals surface area contributed by atoms with Crippen LogP contribution in [0.5, 0.6) is 0 Å². The summed E-state index contributed by atoms with van der Waals surface area (Å²) in [5.74, 6) is 3.77. The van der Waals surface area contributed by atoms with Crippen molar-refractivity contribution in [3.05, 3.63) is 12.2 Å². The fourth-order valence-electron chi connectivity index (χ4n) is 0.916. The first-order valence-corrected chi connectivity index (χ1v) is 6.05. The zero-order chi connectivity index (χ0) is 8.81. The van der Waals surface area contributed by atoms with Gasteiger partial charge in [0.2, 0.25) is 0 Å². The molecule has 0 radical (unpaired) electrons. The van der Waals surface area contributed by atoms with Crippen molar-refractivity contribution >= 4 is 30.0 Å². The van der Waals surface area contributed by atoms with Crippen LogP contribution in [0.25, 0.3) is 0 Å². The monoisotopic (exact) mass is 204 g/mol. The van der Waals surface area contributed by atoms with Crippen molar-refractivity contribution in [3.8, 4) is 0 Å². The van der Waals surface area contributed by atoms with Crippen LogP contribution in [-0.2, 0) is 9.53 Å². The molecule has 68 valence electrons. The van der Waals surface area contributed by atoms with Crippen molar-refractivity contribution in [3.63, 3.8) is 0 Å². The molecular weight excluding hydrogens is 192 g/mol. The van der Waals surface area contributed by atoms with E-state index >= 15 is 0 Å². The second-order valence-electron chi connectivity index (χ2n) is 2.63. The molecule has 4 heteroatoms. The Bertz CT molecular complexity index is 158. The molecule has 0 spiro atoms. The quantitative estimate of drug-likeness (QED) is 0.504. The topological polar surface area (TPSA) is 26.3 Å². The minimum Gasteiger partial charge on any atom is -0.463 e. The lowest BCUT2D eigenvalue weighted by Gasteiger charge is -2.18. The van der Waals surface area contributed by atoms with Gasteiger partial charge < -0.3 is 4.74 Å². The maximum absolute atomic E-state index is 10.1. The second kappa shape index (κ2) is 5.54. The van der Waals surface area contributed by atoms with Gasteiger partial charge in [-0.15, -0.1) is 0 Å². The van der Waals surface area contributed by atoms with E-state index in [0.717, 1.165) is 23.0 Å². The molecular formula is C8H12O2S2. The first-order chi connectivity index (χ1) is 5.83. The highest BCUT2D eigenvalue weighted by Crippen LogP contribution is 2.20. The Morgan fingerprint density at radius 3 is 2.50 bits per heavy atom. The summed E-state index contributed by atoms with van der Waals surface area (Å²) in [7, 11) is 0. The van der Waals surface area contributed by atoms with Gasteiger partial charge in [-0.1, -0.05) is 12.2 Å². The summed E-state index contributed by atoms with van der Waals surface area (Å²) < 4.78 is 4.90. The van der Waals surface area contributed by atoms with E-state index in [-0.39, 0.29) is 6.10 Å². The van der Waals surface area contributed by atoms with E-state index in [4.69, 9.17) is 4.74 Å². The van der Waals surface area contributed by atoms with Gasteiger partial charge in [0.1, 0.15) is 6.10 Å². The van der Waals surface area contributed by atoms with Crippen molar-refractivity contribution in [1.29, 1.82) is 0 Å². The zero-order valence-corrected chi connectivity index (χ0v) is 8.46. The summed E-state index contributed by atoms with van der Waals surface area (Å²) in [6.45, 7) is 4.48. The number of hydrogen-bond donors (Lipinski definition) is 0. The highest BCUT2D eigenvalue weighted by Gasteiger charge is 2.13. The van der Waals surface area contributed by atoms with Crippen molar-refractivity contribution < 1.29 is 9.53 Å². The Morgan fingerprint density at radius 1 is 1.42 bits per heavy atom. The molecule has 0 aromatic rings. The van der Waals surface area contributed by atoms with Crippen LogP contribution in [-0.4, -0.2) is 35.6 Å². The molecule has 12 heavy (non-hydrogen) atoms. The third kappa shape index (κ3) is 3.54. The fourth-order valence-corrected chi connectivity index (χ4v) is 3.13. The van der Waals surface area contributed by atoms with Gasteiger partial charge in [-0.3, -0.25) is 4.79 Å². The molecule has 0 atom stereocenters. The van der Waals surface area contributed by atoms with Gasteiger partial charge in [0.15, 0.2) is 0 Å². The number of ether oxygens (including phenoxy) is 1.